The van der Waals surface area contributed by atoms with E-state index in [0.29, 0.717) is 29.7 Å². The van der Waals surface area contributed by atoms with E-state index in [-0.39, 0.29) is 18.1 Å². The van der Waals surface area contributed by atoms with Gasteiger partial charge in [0.25, 0.3) is 0 Å². The van der Waals surface area contributed by atoms with Crippen molar-refractivity contribution in [1.29, 1.82) is 0 Å². The first-order valence-electron chi connectivity index (χ1n) is 9.63. The Morgan fingerprint density at radius 2 is 1.89 bits per heavy atom. The molecule has 27 heavy (non-hydrogen) atoms. The fraction of sp³-hybridized carbons (Fsp3) is 0.500. The Balaban J connectivity index is 1.74. The maximum Gasteiger partial charge on any atom is 0.352 e. The minimum Gasteiger partial charge on any atom is -0.341 e. The number of piperidine rings is 1. The summed E-state index contributed by atoms with van der Waals surface area (Å²) >= 11 is 0. The third-order valence-electron chi connectivity index (χ3n) is 5.31. The highest BCUT2D eigenvalue weighted by atomic mass is 16.2. The van der Waals surface area contributed by atoms with Crippen LogP contribution in [0.15, 0.2) is 29.1 Å². The van der Waals surface area contributed by atoms with Gasteiger partial charge < -0.3 is 4.90 Å². The number of rotatable bonds is 3. The Bertz CT molecular complexity index is 1060. The number of aryl methyl sites for hydroxylation is 1. The molecule has 1 aliphatic heterocycles. The molecule has 3 heterocycles. The molecule has 0 bridgehead atoms. The molecule has 1 aromatic carbocycles. The predicted molar refractivity (Wildman–Crippen MR) is 104 cm³/mol. The number of benzene rings is 1. The second kappa shape index (κ2) is 6.79. The van der Waals surface area contributed by atoms with Crippen LogP contribution in [0.25, 0.3) is 16.6 Å². The van der Waals surface area contributed by atoms with Crippen LogP contribution in [0.4, 0.5) is 0 Å². The number of fused-ring (bicyclic) bond motifs is 3. The van der Waals surface area contributed by atoms with E-state index < -0.39 is 0 Å². The molecule has 142 valence electrons. The van der Waals surface area contributed by atoms with Crippen LogP contribution in [-0.2, 0) is 17.8 Å². The average molecular weight is 367 g/mol. The molecular weight excluding hydrogens is 342 g/mol. The number of hydrogen-bond acceptors (Lipinski definition) is 4. The van der Waals surface area contributed by atoms with Crippen molar-refractivity contribution in [2.24, 2.45) is 11.8 Å². The molecule has 3 aromatic rings. The van der Waals surface area contributed by atoms with Crippen molar-refractivity contribution < 1.29 is 4.79 Å². The summed E-state index contributed by atoms with van der Waals surface area (Å²) in [4.78, 5) is 32.2. The van der Waals surface area contributed by atoms with Gasteiger partial charge in [0.1, 0.15) is 12.4 Å². The Kier molecular flexibility index (Phi) is 4.45. The van der Waals surface area contributed by atoms with Gasteiger partial charge >= 0.3 is 5.69 Å². The van der Waals surface area contributed by atoms with Crippen molar-refractivity contribution in [3.05, 3.63) is 40.6 Å². The summed E-state index contributed by atoms with van der Waals surface area (Å²) in [6, 6.07) is 7.65. The number of nitrogens with zero attached hydrogens (tertiary/aromatic N) is 5. The van der Waals surface area contributed by atoms with E-state index in [4.69, 9.17) is 0 Å². The van der Waals surface area contributed by atoms with E-state index >= 15 is 0 Å². The average Bonchev–Trinajstić information content (AvgIpc) is 2.97. The minimum atomic E-state index is -0.299. The quantitative estimate of drug-likeness (QED) is 0.711. The molecule has 7 nitrogen and oxygen atoms in total. The van der Waals surface area contributed by atoms with Crippen LogP contribution in [0.2, 0.25) is 0 Å². The zero-order valence-electron chi connectivity index (χ0n) is 16.1. The molecule has 1 aliphatic rings. The fourth-order valence-corrected chi connectivity index (χ4v) is 4.20. The van der Waals surface area contributed by atoms with E-state index in [1.54, 1.807) is 0 Å². The molecule has 2 atom stereocenters. The molecule has 4 rings (SSSR count). The van der Waals surface area contributed by atoms with Crippen LogP contribution < -0.4 is 5.69 Å². The summed E-state index contributed by atoms with van der Waals surface area (Å²) in [5.41, 5.74) is 1.08. The van der Waals surface area contributed by atoms with E-state index in [1.165, 1.54) is 9.08 Å². The molecule has 1 saturated heterocycles. The Hall–Kier alpha value is -2.70. The van der Waals surface area contributed by atoms with Crippen molar-refractivity contribution in [3.63, 3.8) is 0 Å². The summed E-state index contributed by atoms with van der Waals surface area (Å²) in [6.07, 6.45) is 1.75. The lowest BCUT2D eigenvalue weighted by atomic mass is 9.92. The number of carbonyl (C=O) groups is 1. The second-order valence-corrected chi connectivity index (χ2v) is 7.74. The SMILES string of the molecule is CCc1nc2ccccc2c2nn(CC(=O)N3C[C@H](C)C[C@H](C)C3)c(=O)n12. The molecular formula is C20H25N5O2. The van der Waals surface area contributed by atoms with Gasteiger partial charge in [-0.05, 0) is 30.4 Å². The number of amides is 1. The number of carbonyl (C=O) groups excluding carboxylic acids is 1. The van der Waals surface area contributed by atoms with Crippen molar-refractivity contribution in [3.8, 4) is 0 Å². The first kappa shape index (κ1) is 17.7. The van der Waals surface area contributed by atoms with Gasteiger partial charge in [-0.25, -0.2) is 18.9 Å². The summed E-state index contributed by atoms with van der Waals surface area (Å²) in [6.45, 7) is 7.75. The topological polar surface area (TPSA) is 72.5 Å². The van der Waals surface area contributed by atoms with E-state index in [1.807, 2.05) is 36.1 Å². The maximum atomic E-state index is 13.0. The molecule has 0 saturated carbocycles. The van der Waals surface area contributed by atoms with E-state index in [2.05, 4.69) is 23.9 Å². The lowest BCUT2D eigenvalue weighted by Gasteiger charge is -2.34. The first-order chi connectivity index (χ1) is 13.0. The Morgan fingerprint density at radius 3 is 2.59 bits per heavy atom. The standard InChI is InChI=1S/C20H25N5O2/c1-4-17-21-16-8-6-5-7-15(16)19-22-24(20(27)25(17)19)12-18(26)23-10-13(2)9-14(3)11-23/h5-8,13-14H,4,9-12H2,1-3H3/t13-,14+. The Morgan fingerprint density at radius 1 is 1.19 bits per heavy atom. The molecule has 1 amide bonds. The molecule has 0 unspecified atom stereocenters. The smallest absolute Gasteiger partial charge is 0.341 e. The number of hydrogen-bond donors (Lipinski definition) is 0. The van der Waals surface area contributed by atoms with Crippen LogP contribution in [0.3, 0.4) is 0 Å². The fourth-order valence-electron chi connectivity index (χ4n) is 4.20. The molecule has 0 spiro atoms. The molecule has 2 aromatic heterocycles. The highest BCUT2D eigenvalue weighted by molar-refractivity contribution is 5.91. The third kappa shape index (κ3) is 3.11. The number of para-hydroxylation sites is 1. The van der Waals surface area contributed by atoms with Crippen molar-refractivity contribution in [2.75, 3.05) is 13.1 Å². The number of likely N-dealkylation sites (tertiary alicyclic amines) is 1. The lowest BCUT2D eigenvalue weighted by molar-refractivity contribution is -0.134. The minimum absolute atomic E-state index is 0.0303. The first-order valence-corrected chi connectivity index (χ1v) is 9.63. The maximum absolute atomic E-state index is 13.0. The van der Waals surface area contributed by atoms with Crippen molar-refractivity contribution in [1.82, 2.24) is 24.1 Å². The van der Waals surface area contributed by atoms with Crippen LogP contribution in [-0.4, -0.2) is 43.1 Å². The van der Waals surface area contributed by atoms with Gasteiger partial charge in [0, 0.05) is 24.9 Å². The molecule has 7 heteroatoms. The van der Waals surface area contributed by atoms with Crippen LogP contribution in [0.5, 0.6) is 0 Å². The van der Waals surface area contributed by atoms with Crippen LogP contribution in [0, 0.1) is 11.8 Å². The molecule has 1 fully saturated rings. The van der Waals surface area contributed by atoms with E-state index in [9.17, 15) is 9.59 Å². The van der Waals surface area contributed by atoms with Gasteiger partial charge in [-0.3, -0.25) is 4.79 Å². The van der Waals surface area contributed by atoms with E-state index in [0.717, 1.165) is 30.4 Å². The van der Waals surface area contributed by atoms with Crippen molar-refractivity contribution in [2.45, 2.75) is 40.2 Å². The number of aromatic nitrogens is 4. The van der Waals surface area contributed by atoms with Gasteiger partial charge in [0.2, 0.25) is 5.91 Å². The van der Waals surface area contributed by atoms with Gasteiger partial charge in [0.15, 0.2) is 5.65 Å². The van der Waals surface area contributed by atoms with Crippen LogP contribution >= 0.6 is 0 Å². The van der Waals surface area contributed by atoms with Gasteiger partial charge in [-0.2, -0.15) is 0 Å². The van der Waals surface area contributed by atoms with Crippen molar-refractivity contribution >= 4 is 22.5 Å². The lowest BCUT2D eigenvalue weighted by Crippen LogP contribution is -2.45. The Labute approximate surface area is 157 Å². The second-order valence-electron chi connectivity index (χ2n) is 7.74. The van der Waals surface area contributed by atoms with Gasteiger partial charge in [-0.1, -0.05) is 32.9 Å². The summed E-state index contributed by atoms with van der Waals surface area (Å²) in [5, 5.41) is 5.32. The summed E-state index contributed by atoms with van der Waals surface area (Å²) in [5.74, 6) is 1.58. The zero-order valence-corrected chi connectivity index (χ0v) is 16.1. The zero-order chi connectivity index (χ0) is 19.1. The summed E-state index contributed by atoms with van der Waals surface area (Å²) in [7, 11) is 0. The summed E-state index contributed by atoms with van der Waals surface area (Å²) < 4.78 is 2.83. The highest BCUT2D eigenvalue weighted by Gasteiger charge is 2.26. The molecule has 0 aliphatic carbocycles. The normalized spacial score (nSPS) is 20.5. The van der Waals surface area contributed by atoms with Gasteiger partial charge in [0.05, 0.1) is 5.52 Å². The molecule has 0 radical (unpaired) electrons. The highest BCUT2D eigenvalue weighted by Crippen LogP contribution is 2.21. The monoisotopic (exact) mass is 367 g/mol. The third-order valence-corrected chi connectivity index (χ3v) is 5.31. The van der Waals surface area contributed by atoms with Crippen LogP contribution in [0.1, 0.15) is 33.0 Å². The largest absolute Gasteiger partial charge is 0.352 e. The molecule has 0 N–H and O–H groups in total. The predicted octanol–water partition coefficient (Wildman–Crippen LogP) is 2.11. The van der Waals surface area contributed by atoms with Gasteiger partial charge in [-0.15, -0.1) is 5.10 Å².